The van der Waals surface area contributed by atoms with Gasteiger partial charge in [-0.1, -0.05) is 24.3 Å². The predicted molar refractivity (Wildman–Crippen MR) is 95.3 cm³/mol. The van der Waals surface area contributed by atoms with Gasteiger partial charge in [-0.25, -0.2) is 9.59 Å². The Balaban J connectivity index is 1.78. The zero-order valence-electron chi connectivity index (χ0n) is 13.6. The molecule has 0 N–H and O–H groups in total. The topological polar surface area (TPSA) is 65.7 Å². The third-order valence-electron chi connectivity index (χ3n) is 3.44. The second-order valence-corrected chi connectivity index (χ2v) is 6.06. The summed E-state index contributed by atoms with van der Waals surface area (Å²) < 4.78 is 15.9. The smallest absolute Gasteiger partial charge is 0.374 e. The van der Waals surface area contributed by atoms with Gasteiger partial charge in [0.1, 0.15) is 12.2 Å². The number of ether oxygens (including phenoxy) is 2. The number of hydrogen-bond donors (Lipinski definition) is 0. The second kappa shape index (κ2) is 7.81. The molecule has 6 heteroatoms. The molecule has 0 atom stereocenters. The lowest BCUT2D eigenvalue weighted by molar-refractivity contribution is -0.138. The lowest BCUT2D eigenvalue weighted by atomic mass is 10.1. The number of carbonyl (C=O) groups is 2. The first-order valence-corrected chi connectivity index (χ1v) is 8.63. The van der Waals surface area contributed by atoms with Crippen LogP contribution in [0.25, 0.3) is 17.0 Å². The molecule has 2 heterocycles. The van der Waals surface area contributed by atoms with Gasteiger partial charge < -0.3 is 13.9 Å². The highest BCUT2D eigenvalue weighted by Crippen LogP contribution is 2.27. The van der Waals surface area contributed by atoms with Gasteiger partial charge in [0.25, 0.3) is 0 Å². The van der Waals surface area contributed by atoms with Crippen LogP contribution in [0.4, 0.5) is 0 Å². The van der Waals surface area contributed by atoms with E-state index in [1.165, 1.54) is 17.4 Å². The van der Waals surface area contributed by atoms with Crippen LogP contribution < -0.4 is 0 Å². The maximum Gasteiger partial charge on any atom is 0.374 e. The molecule has 0 bridgehead atoms. The van der Waals surface area contributed by atoms with E-state index in [0.29, 0.717) is 11.1 Å². The van der Waals surface area contributed by atoms with Crippen molar-refractivity contribution in [1.82, 2.24) is 0 Å². The maximum atomic E-state index is 12.1. The molecule has 0 aliphatic rings. The van der Waals surface area contributed by atoms with E-state index in [0.717, 1.165) is 10.3 Å². The van der Waals surface area contributed by atoms with Crippen LogP contribution in [-0.2, 0) is 20.9 Å². The monoisotopic (exact) mass is 356 g/mol. The Labute approximate surface area is 148 Å². The van der Waals surface area contributed by atoms with Crippen molar-refractivity contribution >= 4 is 40.3 Å². The zero-order valence-corrected chi connectivity index (χ0v) is 14.4. The maximum absolute atomic E-state index is 12.1. The van der Waals surface area contributed by atoms with Gasteiger partial charge >= 0.3 is 11.9 Å². The number of fused-ring (bicyclic) bond motifs is 1. The van der Waals surface area contributed by atoms with E-state index in [1.807, 2.05) is 29.6 Å². The molecule has 0 fully saturated rings. The van der Waals surface area contributed by atoms with Gasteiger partial charge in [0.15, 0.2) is 0 Å². The Morgan fingerprint density at radius 1 is 1.16 bits per heavy atom. The fourth-order valence-electron chi connectivity index (χ4n) is 2.33. The van der Waals surface area contributed by atoms with Crippen LogP contribution in [0.3, 0.4) is 0 Å². The van der Waals surface area contributed by atoms with Gasteiger partial charge in [0.05, 0.1) is 12.2 Å². The Hall–Kier alpha value is -2.86. The number of thiophene rings is 1. The first-order valence-electron chi connectivity index (χ1n) is 7.75. The predicted octanol–water partition coefficient (Wildman–Crippen LogP) is 4.43. The molecule has 128 valence electrons. The minimum atomic E-state index is -0.570. The van der Waals surface area contributed by atoms with Gasteiger partial charge in [-0.15, -0.1) is 11.3 Å². The highest BCUT2D eigenvalue weighted by molar-refractivity contribution is 7.10. The first-order chi connectivity index (χ1) is 12.2. The lowest BCUT2D eigenvalue weighted by Crippen LogP contribution is -2.08. The van der Waals surface area contributed by atoms with Crippen LogP contribution in [0, 0.1) is 0 Å². The molecule has 5 nitrogen and oxygen atoms in total. The fourth-order valence-corrected chi connectivity index (χ4v) is 2.95. The van der Waals surface area contributed by atoms with Gasteiger partial charge in [-0.3, -0.25) is 0 Å². The molecule has 0 unspecified atom stereocenters. The Morgan fingerprint density at radius 3 is 2.76 bits per heavy atom. The minimum absolute atomic E-state index is 0.0677. The van der Waals surface area contributed by atoms with Gasteiger partial charge in [0.2, 0.25) is 5.76 Å². The molecule has 3 aromatic rings. The summed E-state index contributed by atoms with van der Waals surface area (Å²) >= 11 is 1.52. The summed E-state index contributed by atoms with van der Waals surface area (Å²) in [5.41, 5.74) is 1.05. The molecule has 0 saturated carbocycles. The number of furan rings is 1. The standard InChI is InChI=1S/C19H16O5S/c1-2-22-19(21)18-15(14-7-3-4-8-16(14)24-18)12-23-17(20)10-9-13-6-5-11-25-13/h3-11H,2,12H2,1H3/b10-9+. The number of hydrogen-bond acceptors (Lipinski definition) is 6. The van der Waals surface area contributed by atoms with Crippen LogP contribution in [0.15, 0.2) is 52.3 Å². The summed E-state index contributed by atoms with van der Waals surface area (Å²) in [6.45, 7) is 1.88. The highest BCUT2D eigenvalue weighted by Gasteiger charge is 2.22. The van der Waals surface area contributed by atoms with E-state index in [4.69, 9.17) is 13.9 Å². The van der Waals surface area contributed by atoms with Crippen LogP contribution in [0.2, 0.25) is 0 Å². The normalized spacial score (nSPS) is 11.1. The van der Waals surface area contributed by atoms with Crippen molar-refractivity contribution < 1.29 is 23.5 Å². The van der Waals surface area contributed by atoms with Crippen molar-refractivity contribution in [2.24, 2.45) is 0 Å². The fraction of sp³-hybridized carbons (Fsp3) is 0.158. The molecular formula is C19H16O5S. The molecule has 25 heavy (non-hydrogen) atoms. The van der Waals surface area contributed by atoms with E-state index in [-0.39, 0.29) is 19.0 Å². The largest absolute Gasteiger partial charge is 0.460 e. The number of carbonyl (C=O) groups excluding carboxylic acids is 2. The first kappa shape index (κ1) is 17.0. The molecule has 0 saturated heterocycles. The van der Waals surface area contributed by atoms with Crippen molar-refractivity contribution in [2.75, 3.05) is 6.61 Å². The number of benzene rings is 1. The summed E-state index contributed by atoms with van der Waals surface area (Å²) in [6.07, 6.45) is 3.05. The van der Waals surface area contributed by atoms with Crippen molar-refractivity contribution in [3.05, 3.63) is 64.1 Å². The molecule has 1 aromatic carbocycles. The minimum Gasteiger partial charge on any atom is -0.460 e. The van der Waals surface area contributed by atoms with Crippen molar-refractivity contribution in [2.45, 2.75) is 13.5 Å². The van der Waals surface area contributed by atoms with E-state index in [9.17, 15) is 9.59 Å². The molecule has 0 aliphatic heterocycles. The number of esters is 2. The van der Waals surface area contributed by atoms with E-state index >= 15 is 0 Å². The van der Waals surface area contributed by atoms with E-state index in [2.05, 4.69) is 0 Å². The molecule has 0 radical (unpaired) electrons. The Morgan fingerprint density at radius 2 is 2.00 bits per heavy atom. The quantitative estimate of drug-likeness (QED) is 0.483. The van der Waals surface area contributed by atoms with Crippen LogP contribution >= 0.6 is 11.3 Å². The second-order valence-electron chi connectivity index (χ2n) is 5.08. The SMILES string of the molecule is CCOC(=O)c1oc2ccccc2c1COC(=O)/C=C/c1cccs1. The summed E-state index contributed by atoms with van der Waals surface area (Å²) in [4.78, 5) is 25.0. The molecule has 0 spiro atoms. The number of rotatable bonds is 6. The third-order valence-corrected chi connectivity index (χ3v) is 4.28. The average Bonchev–Trinajstić information content (AvgIpc) is 3.26. The lowest BCUT2D eigenvalue weighted by Gasteiger charge is -2.04. The average molecular weight is 356 g/mol. The highest BCUT2D eigenvalue weighted by atomic mass is 32.1. The molecular weight excluding hydrogens is 340 g/mol. The summed E-state index contributed by atoms with van der Waals surface area (Å²) in [6, 6.07) is 11.0. The Bertz CT molecular complexity index is 905. The summed E-state index contributed by atoms with van der Waals surface area (Å²) in [5, 5.41) is 2.65. The van der Waals surface area contributed by atoms with Crippen molar-refractivity contribution in [3.63, 3.8) is 0 Å². The van der Waals surface area contributed by atoms with E-state index < -0.39 is 11.9 Å². The van der Waals surface area contributed by atoms with E-state index in [1.54, 1.807) is 25.1 Å². The van der Waals surface area contributed by atoms with Gasteiger partial charge in [0, 0.05) is 16.3 Å². The van der Waals surface area contributed by atoms with Crippen LogP contribution in [0.5, 0.6) is 0 Å². The number of para-hydroxylation sites is 1. The molecule has 0 aliphatic carbocycles. The van der Waals surface area contributed by atoms with Gasteiger partial charge in [-0.05, 0) is 30.5 Å². The van der Waals surface area contributed by atoms with Gasteiger partial charge in [-0.2, -0.15) is 0 Å². The third kappa shape index (κ3) is 3.97. The van der Waals surface area contributed by atoms with Crippen molar-refractivity contribution in [1.29, 1.82) is 0 Å². The van der Waals surface area contributed by atoms with Crippen LogP contribution in [-0.4, -0.2) is 18.5 Å². The van der Waals surface area contributed by atoms with Crippen LogP contribution in [0.1, 0.15) is 27.9 Å². The zero-order chi connectivity index (χ0) is 17.6. The summed E-state index contributed by atoms with van der Waals surface area (Å²) in [7, 11) is 0. The van der Waals surface area contributed by atoms with Crippen molar-refractivity contribution in [3.8, 4) is 0 Å². The molecule has 0 amide bonds. The Kier molecular flexibility index (Phi) is 5.30. The summed E-state index contributed by atoms with van der Waals surface area (Å²) in [5.74, 6) is -0.995. The molecule has 2 aromatic heterocycles. The molecule has 3 rings (SSSR count).